The Kier molecular flexibility index (Phi) is 9.65. The number of nitrogens with zero attached hydrogens (tertiary/aromatic N) is 3. The number of amides is 2. The third kappa shape index (κ3) is 7.05. The van der Waals surface area contributed by atoms with Crippen molar-refractivity contribution in [2.75, 3.05) is 17.7 Å². The number of hydrogen-bond donors (Lipinski definition) is 2. The van der Waals surface area contributed by atoms with Crippen LogP contribution in [0, 0.1) is 5.82 Å². The smallest absolute Gasteiger partial charge is 0.341 e. The Morgan fingerprint density at radius 1 is 1.10 bits per heavy atom. The van der Waals surface area contributed by atoms with Gasteiger partial charge in [0.25, 0.3) is 5.91 Å². The normalized spacial score (nSPS) is 12.1. The van der Waals surface area contributed by atoms with E-state index >= 15 is 0 Å². The molecule has 0 bridgehead atoms. The maximum Gasteiger partial charge on any atom is 0.341 e. The lowest BCUT2D eigenvalue weighted by Crippen LogP contribution is -2.25. The third-order valence-corrected chi connectivity index (χ3v) is 8.91. The van der Waals surface area contributed by atoms with Crippen molar-refractivity contribution < 1.29 is 23.5 Å². The second-order valence-electron chi connectivity index (χ2n) is 9.60. The summed E-state index contributed by atoms with van der Waals surface area (Å²) in [5.41, 5.74) is 2.77. The molecule has 0 spiro atoms. The van der Waals surface area contributed by atoms with Gasteiger partial charge in [0.2, 0.25) is 5.91 Å². The third-order valence-electron chi connectivity index (χ3n) is 6.74. The van der Waals surface area contributed by atoms with E-state index in [1.54, 1.807) is 6.92 Å². The van der Waals surface area contributed by atoms with E-state index in [0.717, 1.165) is 35.3 Å². The van der Waals surface area contributed by atoms with Crippen molar-refractivity contribution in [3.05, 3.63) is 93.4 Å². The summed E-state index contributed by atoms with van der Waals surface area (Å²) in [4.78, 5) is 39.4. The number of carbonyl (C=O) groups is 3. The van der Waals surface area contributed by atoms with Crippen LogP contribution in [0.25, 0.3) is 0 Å². The van der Waals surface area contributed by atoms with E-state index in [9.17, 15) is 18.8 Å². The number of thioether (sulfide) groups is 1. The number of aryl methyl sites for hydroxylation is 2. The number of carbonyl (C=O) groups excluding carboxylic acids is 3. The van der Waals surface area contributed by atoms with Crippen molar-refractivity contribution in [1.29, 1.82) is 0 Å². The van der Waals surface area contributed by atoms with Crippen molar-refractivity contribution in [2.45, 2.75) is 50.9 Å². The second kappa shape index (κ2) is 13.8. The topological polar surface area (TPSA) is 115 Å². The average Bonchev–Trinajstić information content (AvgIpc) is 3.69. The summed E-state index contributed by atoms with van der Waals surface area (Å²) in [5, 5.41) is 15.3. The van der Waals surface area contributed by atoms with Crippen LogP contribution in [0.15, 0.2) is 59.8 Å². The van der Waals surface area contributed by atoms with Gasteiger partial charge in [-0.15, -0.1) is 21.5 Å². The molecule has 2 heterocycles. The number of esters is 1. The Hall–Kier alpha value is -4.03. The monoisotopic (exact) mass is 607 g/mol. The predicted octanol–water partition coefficient (Wildman–Crippen LogP) is 5.05. The van der Waals surface area contributed by atoms with Gasteiger partial charge >= 0.3 is 5.97 Å². The first-order chi connectivity index (χ1) is 20.4. The van der Waals surface area contributed by atoms with Crippen LogP contribution >= 0.6 is 23.1 Å². The van der Waals surface area contributed by atoms with Crippen molar-refractivity contribution in [2.24, 2.45) is 0 Å². The molecule has 218 valence electrons. The van der Waals surface area contributed by atoms with Crippen LogP contribution < -0.4 is 10.6 Å². The molecule has 0 radical (unpaired) electrons. The van der Waals surface area contributed by atoms with Gasteiger partial charge in [-0.05, 0) is 61.9 Å². The largest absolute Gasteiger partial charge is 0.462 e. The number of fused-ring (bicyclic) bond motifs is 1. The van der Waals surface area contributed by atoms with Crippen molar-refractivity contribution in [3.63, 3.8) is 0 Å². The molecule has 1 aliphatic carbocycles. The fraction of sp³-hybridized carbons (Fsp3) is 0.300. The van der Waals surface area contributed by atoms with Crippen LogP contribution in [0.5, 0.6) is 0 Å². The molecular weight excluding hydrogens is 577 g/mol. The first kappa shape index (κ1) is 29.5. The highest BCUT2D eigenvalue weighted by Crippen LogP contribution is 2.39. The molecule has 1 aliphatic rings. The van der Waals surface area contributed by atoms with Gasteiger partial charge in [0, 0.05) is 17.0 Å². The van der Waals surface area contributed by atoms with E-state index in [1.807, 2.05) is 34.9 Å². The number of nitrogens with one attached hydrogen (secondary N) is 2. The minimum absolute atomic E-state index is 0.0456. The highest BCUT2D eigenvalue weighted by molar-refractivity contribution is 7.99. The van der Waals surface area contributed by atoms with Gasteiger partial charge in [0.05, 0.1) is 24.5 Å². The summed E-state index contributed by atoms with van der Waals surface area (Å²) in [7, 11) is 0. The van der Waals surface area contributed by atoms with E-state index in [1.165, 1.54) is 47.4 Å². The number of rotatable bonds is 12. The molecule has 0 saturated carbocycles. The maximum absolute atomic E-state index is 13.6. The Balaban J connectivity index is 1.28. The fourth-order valence-corrected chi connectivity index (χ4v) is 6.84. The van der Waals surface area contributed by atoms with Crippen LogP contribution in [0.1, 0.15) is 55.9 Å². The average molecular weight is 608 g/mol. The van der Waals surface area contributed by atoms with Gasteiger partial charge in [-0.1, -0.05) is 48.2 Å². The number of anilines is 1. The first-order valence-electron chi connectivity index (χ1n) is 13.7. The van der Waals surface area contributed by atoms with Crippen molar-refractivity contribution in [1.82, 2.24) is 20.1 Å². The van der Waals surface area contributed by atoms with Crippen LogP contribution in [0.3, 0.4) is 0 Å². The lowest BCUT2D eigenvalue weighted by molar-refractivity contribution is -0.113. The van der Waals surface area contributed by atoms with Crippen molar-refractivity contribution >= 4 is 45.9 Å². The first-order valence-corrected chi connectivity index (χ1v) is 15.5. The minimum atomic E-state index is -0.493. The molecular formula is C30H30FN5O4S2. The van der Waals surface area contributed by atoms with Crippen LogP contribution in [0.2, 0.25) is 0 Å². The van der Waals surface area contributed by atoms with Crippen molar-refractivity contribution in [3.8, 4) is 0 Å². The summed E-state index contributed by atoms with van der Waals surface area (Å²) in [5.74, 6) is -1.05. The van der Waals surface area contributed by atoms with E-state index in [2.05, 4.69) is 20.8 Å². The minimum Gasteiger partial charge on any atom is -0.462 e. The Labute approximate surface area is 250 Å². The lowest BCUT2D eigenvalue weighted by Gasteiger charge is -2.12. The molecule has 2 aromatic carbocycles. The zero-order valence-electron chi connectivity index (χ0n) is 23.0. The molecule has 0 fully saturated rings. The molecule has 0 aliphatic heterocycles. The van der Waals surface area contributed by atoms with Gasteiger partial charge in [0.15, 0.2) is 11.0 Å². The zero-order valence-corrected chi connectivity index (χ0v) is 24.7. The lowest BCUT2D eigenvalue weighted by atomic mass is 10.1. The summed E-state index contributed by atoms with van der Waals surface area (Å²) >= 11 is 2.66. The maximum atomic E-state index is 13.6. The van der Waals surface area contributed by atoms with Gasteiger partial charge in [-0.25, -0.2) is 9.18 Å². The van der Waals surface area contributed by atoms with Gasteiger partial charge < -0.3 is 19.9 Å². The summed E-state index contributed by atoms with van der Waals surface area (Å²) in [6.45, 7) is 2.62. The standard InChI is InChI=1S/C30H30FN5O4S2/c1-2-40-29(39)26-22-12-7-13-23(22)42-28(26)33-25(37)18-41-30-35-34-24(36(30)15-14-19-8-4-3-5-9-19)17-32-27(38)20-10-6-11-21(31)16-20/h3-6,8-11,16H,2,7,12-15,17-18H2,1H3,(H,32,38)(H,33,37). The molecule has 42 heavy (non-hydrogen) atoms. The molecule has 2 amide bonds. The second-order valence-corrected chi connectivity index (χ2v) is 11.6. The fourth-order valence-electron chi connectivity index (χ4n) is 4.76. The van der Waals surface area contributed by atoms with Gasteiger partial charge in [0.1, 0.15) is 10.8 Å². The molecule has 2 aromatic heterocycles. The van der Waals surface area contributed by atoms with Gasteiger partial charge in [-0.3, -0.25) is 9.59 Å². The van der Waals surface area contributed by atoms with E-state index in [-0.39, 0.29) is 30.4 Å². The molecule has 0 saturated heterocycles. The molecule has 9 nitrogen and oxygen atoms in total. The van der Waals surface area contributed by atoms with Crippen LogP contribution in [-0.4, -0.2) is 44.9 Å². The number of aromatic nitrogens is 3. The summed E-state index contributed by atoms with van der Waals surface area (Å²) < 4.78 is 20.7. The summed E-state index contributed by atoms with van der Waals surface area (Å²) in [6.07, 6.45) is 3.36. The number of thiophene rings is 1. The number of ether oxygens (including phenoxy) is 1. The van der Waals surface area contributed by atoms with Gasteiger partial charge in [-0.2, -0.15) is 0 Å². The molecule has 5 rings (SSSR count). The molecule has 0 atom stereocenters. The highest BCUT2D eigenvalue weighted by atomic mass is 32.2. The summed E-state index contributed by atoms with van der Waals surface area (Å²) in [6, 6.07) is 15.4. The highest BCUT2D eigenvalue weighted by Gasteiger charge is 2.28. The van der Waals surface area contributed by atoms with E-state index < -0.39 is 17.7 Å². The Morgan fingerprint density at radius 3 is 2.71 bits per heavy atom. The Morgan fingerprint density at radius 2 is 1.93 bits per heavy atom. The quantitative estimate of drug-likeness (QED) is 0.171. The predicted molar refractivity (Wildman–Crippen MR) is 159 cm³/mol. The number of benzene rings is 2. The Bertz CT molecular complexity index is 1590. The van der Waals surface area contributed by atoms with Crippen LogP contribution in [-0.2, 0) is 41.9 Å². The van der Waals surface area contributed by atoms with E-state index in [4.69, 9.17) is 4.74 Å². The van der Waals surface area contributed by atoms with Crippen LogP contribution in [0.4, 0.5) is 9.39 Å². The SMILES string of the molecule is CCOC(=O)c1c(NC(=O)CSc2nnc(CNC(=O)c3cccc(F)c3)n2CCc2ccccc2)sc2c1CCC2. The molecule has 0 unspecified atom stereocenters. The number of hydrogen-bond acceptors (Lipinski definition) is 8. The van der Waals surface area contributed by atoms with E-state index in [0.29, 0.717) is 34.5 Å². The number of halogens is 1. The molecule has 2 N–H and O–H groups in total. The molecule has 4 aromatic rings. The zero-order chi connectivity index (χ0) is 29.5. The molecule has 12 heteroatoms.